The number of hydrogen-bond donors (Lipinski definition) is 1. The second-order valence-corrected chi connectivity index (χ2v) is 5.14. The lowest BCUT2D eigenvalue weighted by Gasteiger charge is -2.10. The van der Waals surface area contributed by atoms with E-state index in [0.717, 1.165) is 12.6 Å². The van der Waals surface area contributed by atoms with Crippen molar-refractivity contribution in [2.75, 3.05) is 0 Å². The molecular formula is C15H20N2. The first kappa shape index (κ1) is 10.8. The van der Waals surface area contributed by atoms with Gasteiger partial charge in [0, 0.05) is 36.7 Å². The molecule has 1 aromatic carbocycles. The topological polar surface area (TPSA) is 17.0 Å². The standard InChI is InChI=1S/C15H20N2/c1-17-11-12(10-16-13-6-2-3-7-13)14-8-4-5-9-15(14)17/h4-5,8-9,11,13,16H,2-3,6-7,10H2,1H3. The number of para-hydroxylation sites is 1. The van der Waals surface area contributed by atoms with Gasteiger partial charge in [0.2, 0.25) is 0 Å². The zero-order valence-corrected chi connectivity index (χ0v) is 10.4. The summed E-state index contributed by atoms with van der Waals surface area (Å²) in [6.07, 6.45) is 7.75. The molecule has 0 unspecified atom stereocenters. The highest BCUT2D eigenvalue weighted by atomic mass is 14.9. The van der Waals surface area contributed by atoms with Gasteiger partial charge in [-0.3, -0.25) is 0 Å². The first-order valence-electron chi connectivity index (χ1n) is 6.61. The molecule has 1 aliphatic rings. The van der Waals surface area contributed by atoms with E-state index in [0.29, 0.717) is 0 Å². The van der Waals surface area contributed by atoms with E-state index in [1.165, 1.54) is 42.1 Å². The second kappa shape index (κ2) is 4.53. The number of aromatic nitrogens is 1. The van der Waals surface area contributed by atoms with E-state index in [4.69, 9.17) is 0 Å². The van der Waals surface area contributed by atoms with Crippen molar-refractivity contribution in [1.29, 1.82) is 0 Å². The molecule has 0 atom stereocenters. The predicted molar refractivity (Wildman–Crippen MR) is 72.0 cm³/mol. The van der Waals surface area contributed by atoms with Gasteiger partial charge in [-0.1, -0.05) is 31.0 Å². The molecule has 0 radical (unpaired) electrons. The lowest BCUT2D eigenvalue weighted by atomic mass is 10.1. The van der Waals surface area contributed by atoms with E-state index < -0.39 is 0 Å². The van der Waals surface area contributed by atoms with Gasteiger partial charge in [0.25, 0.3) is 0 Å². The van der Waals surface area contributed by atoms with Crippen LogP contribution >= 0.6 is 0 Å². The largest absolute Gasteiger partial charge is 0.350 e. The smallest absolute Gasteiger partial charge is 0.0481 e. The van der Waals surface area contributed by atoms with Crippen LogP contribution in [-0.2, 0) is 13.6 Å². The minimum absolute atomic E-state index is 0.744. The van der Waals surface area contributed by atoms with E-state index in [1.54, 1.807) is 0 Å². The average molecular weight is 228 g/mol. The summed E-state index contributed by atoms with van der Waals surface area (Å²) in [5, 5.41) is 5.08. The van der Waals surface area contributed by atoms with Crippen molar-refractivity contribution in [3.05, 3.63) is 36.0 Å². The van der Waals surface area contributed by atoms with Crippen molar-refractivity contribution in [3.63, 3.8) is 0 Å². The molecule has 3 rings (SSSR count). The van der Waals surface area contributed by atoms with Crippen LogP contribution < -0.4 is 5.32 Å². The molecule has 1 aromatic heterocycles. The molecule has 2 nitrogen and oxygen atoms in total. The quantitative estimate of drug-likeness (QED) is 0.853. The Balaban J connectivity index is 1.80. The van der Waals surface area contributed by atoms with Crippen LogP contribution in [0.4, 0.5) is 0 Å². The molecular weight excluding hydrogens is 208 g/mol. The summed E-state index contributed by atoms with van der Waals surface area (Å²) < 4.78 is 2.22. The van der Waals surface area contributed by atoms with E-state index >= 15 is 0 Å². The summed E-state index contributed by atoms with van der Waals surface area (Å²) in [6.45, 7) is 1.01. The molecule has 0 bridgehead atoms. The molecule has 2 aromatic rings. The zero-order chi connectivity index (χ0) is 11.7. The normalized spacial score (nSPS) is 17.0. The highest BCUT2D eigenvalue weighted by Gasteiger charge is 2.14. The highest BCUT2D eigenvalue weighted by molar-refractivity contribution is 5.83. The predicted octanol–water partition coefficient (Wildman–Crippen LogP) is 3.21. The van der Waals surface area contributed by atoms with Crippen LogP contribution in [0, 0.1) is 0 Å². The van der Waals surface area contributed by atoms with Gasteiger partial charge in [-0.05, 0) is 24.5 Å². The highest BCUT2D eigenvalue weighted by Crippen LogP contribution is 2.22. The Morgan fingerprint density at radius 3 is 2.82 bits per heavy atom. The van der Waals surface area contributed by atoms with Gasteiger partial charge < -0.3 is 9.88 Å². The molecule has 1 heterocycles. The minimum atomic E-state index is 0.744. The first-order valence-corrected chi connectivity index (χ1v) is 6.61. The van der Waals surface area contributed by atoms with Gasteiger partial charge in [-0.15, -0.1) is 0 Å². The zero-order valence-electron chi connectivity index (χ0n) is 10.4. The van der Waals surface area contributed by atoms with Gasteiger partial charge in [0.05, 0.1) is 0 Å². The lowest BCUT2D eigenvalue weighted by Crippen LogP contribution is -2.25. The molecule has 0 aliphatic heterocycles. The van der Waals surface area contributed by atoms with Crippen LogP contribution in [0.25, 0.3) is 10.9 Å². The molecule has 1 aliphatic carbocycles. The summed E-state index contributed by atoms with van der Waals surface area (Å²) in [6, 6.07) is 9.39. The van der Waals surface area contributed by atoms with Crippen molar-refractivity contribution >= 4 is 10.9 Å². The Labute approximate surface area is 103 Å². The average Bonchev–Trinajstić information content (AvgIpc) is 2.96. The van der Waals surface area contributed by atoms with Crippen LogP contribution in [0.3, 0.4) is 0 Å². The number of benzene rings is 1. The van der Waals surface area contributed by atoms with E-state index in [2.05, 4.69) is 47.4 Å². The van der Waals surface area contributed by atoms with E-state index in [-0.39, 0.29) is 0 Å². The van der Waals surface area contributed by atoms with E-state index in [9.17, 15) is 0 Å². The maximum atomic E-state index is 3.69. The fourth-order valence-corrected chi connectivity index (χ4v) is 2.95. The first-order chi connectivity index (χ1) is 8.34. The molecule has 90 valence electrons. The number of nitrogens with one attached hydrogen (secondary N) is 1. The maximum Gasteiger partial charge on any atom is 0.0481 e. The molecule has 1 fully saturated rings. The number of aryl methyl sites for hydroxylation is 1. The van der Waals surface area contributed by atoms with Crippen molar-refractivity contribution in [2.24, 2.45) is 7.05 Å². The Hall–Kier alpha value is -1.28. The fraction of sp³-hybridized carbons (Fsp3) is 0.467. The third-order valence-electron chi connectivity index (χ3n) is 3.92. The van der Waals surface area contributed by atoms with Gasteiger partial charge in [-0.2, -0.15) is 0 Å². The molecule has 0 spiro atoms. The summed E-state index contributed by atoms with van der Waals surface area (Å²) in [4.78, 5) is 0. The van der Waals surface area contributed by atoms with Gasteiger partial charge in [0.15, 0.2) is 0 Å². The van der Waals surface area contributed by atoms with Gasteiger partial charge in [0.1, 0.15) is 0 Å². The number of nitrogens with zero attached hydrogens (tertiary/aromatic N) is 1. The Morgan fingerprint density at radius 2 is 2.00 bits per heavy atom. The van der Waals surface area contributed by atoms with Crippen LogP contribution in [0.5, 0.6) is 0 Å². The maximum absolute atomic E-state index is 3.69. The molecule has 1 saturated carbocycles. The molecule has 17 heavy (non-hydrogen) atoms. The van der Waals surface area contributed by atoms with Gasteiger partial charge in [-0.25, -0.2) is 0 Å². The molecule has 1 N–H and O–H groups in total. The molecule has 0 saturated heterocycles. The number of rotatable bonds is 3. The Bertz CT molecular complexity index is 507. The Kier molecular flexibility index (Phi) is 2.89. The van der Waals surface area contributed by atoms with Crippen molar-refractivity contribution in [1.82, 2.24) is 9.88 Å². The van der Waals surface area contributed by atoms with Crippen molar-refractivity contribution in [2.45, 2.75) is 38.3 Å². The Morgan fingerprint density at radius 1 is 1.24 bits per heavy atom. The fourth-order valence-electron chi connectivity index (χ4n) is 2.95. The van der Waals surface area contributed by atoms with E-state index in [1.807, 2.05) is 0 Å². The summed E-state index contributed by atoms with van der Waals surface area (Å²) >= 11 is 0. The number of fused-ring (bicyclic) bond motifs is 1. The van der Waals surface area contributed by atoms with Crippen LogP contribution in [-0.4, -0.2) is 10.6 Å². The monoisotopic (exact) mass is 228 g/mol. The van der Waals surface area contributed by atoms with Crippen LogP contribution in [0.2, 0.25) is 0 Å². The summed E-state index contributed by atoms with van der Waals surface area (Å²) in [5.41, 5.74) is 2.76. The van der Waals surface area contributed by atoms with Crippen molar-refractivity contribution < 1.29 is 0 Å². The summed E-state index contributed by atoms with van der Waals surface area (Å²) in [7, 11) is 2.13. The third-order valence-corrected chi connectivity index (χ3v) is 3.92. The molecule has 0 amide bonds. The second-order valence-electron chi connectivity index (χ2n) is 5.14. The SMILES string of the molecule is Cn1cc(CNC2CCCC2)c2ccccc21. The van der Waals surface area contributed by atoms with Crippen LogP contribution in [0.15, 0.2) is 30.5 Å². The van der Waals surface area contributed by atoms with Crippen LogP contribution in [0.1, 0.15) is 31.2 Å². The van der Waals surface area contributed by atoms with Crippen molar-refractivity contribution in [3.8, 4) is 0 Å². The van der Waals surface area contributed by atoms with Gasteiger partial charge >= 0.3 is 0 Å². The summed E-state index contributed by atoms with van der Waals surface area (Å²) in [5.74, 6) is 0. The number of hydrogen-bond acceptors (Lipinski definition) is 1. The minimum Gasteiger partial charge on any atom is -0.350 e. The molecule has 2 heteroatoms. The third kappa shape index (κ3) is 2.09. The lowest BCUT2D eigenvalue weighted by molar-refractivity contribution is 0.525.